The average Bonchev–Trinajstić information content (AvgIpc) is 3.21. The van der Waals surface area contributed by atoms with Gasteiger partial charge in [-0.3, -0.25) is 9.78 Å². The van der Waals surface area contributed by atoms with E-state index in [2.05, 4.69) is 57.1 Å². The largest absolute Gasteiger partial charge is 0.337 e. The van der Waals surface area contributed by atoms with Crippen LogP contribution in [0.2, 0.25) is 0 Å². The van der Waals surface area contributed by atoms with E-state index in [1.165, 1.54) is 16.7 Å². The molecule has 0 bridgehead atoms. The maximum absolute atomic E-state index is 12.7. The number of amides is 1. The fourth-order valence-electron chi connectivity index (χ4n) is 3.97. The van der Waals surface area contributed by atoms with E-state index in [1.807, 2.05) is 29.2 Å². The van der Waals surface area contributed by atoms with Crippen molar-refractivity contribution in [3.8, 4) is 0 Å². The third-order valence-electron chi connectivity index (χ3n) is 5.71. The van der Waals surface area contributed by atoms with Crippen LogP contribution in [0.15, 0.2) is 73.5 Å². The number of hydrogen-bond acceptors (Lipinski definition) is 2. The van der Waals surface area contributed by atoms with Crippen molar-refractivity contribution < 1.29 is 4.79 Å². The molecule has 0 N–H and O–H groups in total. The van der Waals surface area contributed by atoms with Gasteiger partial charge in [0.15, 0.2) is 0 Å². The summed E-state index contributed by atoms with van der Waals surface area (Å²) in [4.78, 5) is 18.8. The van der Waals surface area contributed by atoms with E-state index in [9.17, 15) is 4.79 Å². The molecule has 1 aliphatic rings. The van der Waals surface area contributed by atoms with Gasteiger partial charge in [-0.15, -0.1) is 0 Å². The van der Waals surface area contributed by atoms with Gasteiger partial charge in [0, 0.05) is 25.2 Å². The van der Waals surface area contributed by atoms with Gasteiger partial charge < -0.3 is 4.90 Å². The Kier molecular flexibility index (Phi) is 6.48. The molecule has 1 fully saturated rings. The molecule has 1 unspecified atom stereocenters. The maximum Gasteiger partial charge on any atom is 0.272 e. The predicted molar refractivity (Wildman–Crippen MR) is 121 cm³/mol. The molecule has 3 nitrogen and oxygen atoms in total. The minimum Gasteiger partial charge on any atom is -0.337 e. The molecule has 2 aromatic rings. The molecular weight excluding hydrogens is 356 g/mol. The lowest BCUT2D eigenvalue weighted by atomic mass is 9.87. The molecule has 0 aliphatic carbocycles. The van der Waals surface area contributed by atoms with Crippen LogP contribution in [0.25, 0.3) is 5.57 Å². The summed E-state index contributed by atoms with van der Waals surface area (Å²) in [5, 5.41) is 0. The van der Waals surface area contributed by atoms with Crippen LogP contribution in [-0.2, 0) is 0 Å². The number of hydrogen-bond donors (Lipinski definition) is 0. The lowest BCUT2D eigenvalue weighted by Gasteiger charge is -2.19. The molecule has 1 saturated heterocycles. The van der Waals surface area contributed by atoms with Gasteiger partial charge in [0.1, 0.15) is 5.69 Å². The first kappa shape index (κ1) is 20.8. The maximum atomic E-state index is 12.7. The number of carbonyl (C=O) groups is 1. The summed E-state index contributed by atoms with van der Waals surface area (Å²) >= 11 is 0. The van der Waals surface area contributed by atoms with E-state index in [0.29, 0.717) is 17.5 Å². The van der Waals surface area contributed by atoms with E-state index in [1.54, 1.807) is 12.3 Å². The second-order valence-corrected chi connectivity index (χ2v) is 8.02. The Morgan fingerprint density at radius 2 is 2.07 bits per heavy atom. The van der Waals surface area contributed by atoms with Gasteiger partial charge in [0.2, 0.25) is 0 Å². The van der Waals surface area contributed by atoms with Crippen LogP contribution < -0.4 is 0 Å². The number of aryl methyl sites for hydroxylation is 1. The Morgan fingerprint density at radius 3 is 2.69 bits per heavy atom. The van der Waals surface area contributed by atoms with Crippen molar-refractivity contribution in [2.75, 3.05) is 13.1 Å². The number of carbonyl (C=O) groups excluding carboxylic acids is 1. The topological polar surface area (TPSA) is 33.2 Å². The zero-order valence-corrected chi connectivity index (χ0v) is 17.7. The number of nitrogens with zero attached hydrogens (tertiary/aromatic N) is 2. The Bertz CT molecular complexity index is 940. The van der Waals surface area contributed by atoms with Crippen molar-refractivity contribution in [3.05, 3.63) is 95.9 Å². The summed E-state index contributed by atoms with van der Waals surface area (Å²) in [5.41, 5.74) is 6.52. The standard InChI is InChI=1S/C26H30N2O/c1-6-9-24(20(5)18(2)3)21-11-12-23(19(4)16-21)22-13-15-28(17-22)26(29)25-10-7-8-14-27-25/h6-12,14,16,18,22H,1,5,13,15,17H2,2-4H3/b24-9+. The van der Waals surface area contributed by atoms with E-state index in [-0.39, 0.29) is 5.91 Å². The zero-order valence-electron chi connectivity index (χ0n) is 17.7. The van der Waals surface area contributed by atoms with E-state index < -0.39 is 0 Å². The quantitative estimate of drug-likeness (QED) is 0.588. The van der Waals surface area contributed by atoms with E-state index in [0.717, 1.165) is 30.7 Å². The van der Waals surface area contributed by atoms with Gasteiger partial charge in [-0.2, -0.15) is 0 Å². The molecule has 3 heteroatoms. The summed E-state index contributed by atoms with van der Waals surface area (Å²) in [6.45, 7) is 16.1. The van der Waals surface area contributed by atoms with Gasteiger partial charge in [0.05, 0.1) is 0 Å². The number of aromatic nitrogens is 1. The number of pyridine rings is 1. The Labute approximate surface area is 174 Å². The zero-order chi connectivity index (χ0) is 21.0. The lowest BCUT2D eigenvalue weighted by molar-refractivity contribution is 0.0785. The SMILES string of the molecule is C=C/C=C(\C(=C)C(C)C)c1ccc(C2CCN(C(=O)c3ccccn3)C2)c(C)c1. The van der Waals surface area contributed by atoms with Crippen molar-refractivity contribution in [3.63, 3.8) is 0 Å². The number of rotatable bonds is 6. The fourth-order valence-corrected chi connectivity index (χ4v) is 3.97. The van der Waals surface area contributed by atoms with Gasteiger partial charge in [-0.1, -0.05) is 63.4 Å². The van der Waals surface area contributed by atoms with Crippen molar-refractivity contribution in [1.82, 2.24) is 9.88 Å². The number of likely N-dealkylation sites (tertiary alicyclic amines) is 1. The number of benzene rings is 1. The molecule has 1 atom stereocenters. The molecule has 1 aromatic heterocycles. The molecule has 0 radical (unpaired) electrons. The molecule has 2 heterocycles. The van der Waals surface area contributed by atoms with Crippen molar-refractivity contribution in [2.24, 2.45) is 5.92 Å². The van der Waals surface area contributed by atoms with Crippen molar-refractivity contribution in [2.45, 2.75) is 33.1 Å². The molecule has 0 spiro atoms. The van der Waals surface area contributed by atoms with Crippen LogP contribution in [-0.4, -0.2) is 28.9 Å². The van der Waals surface area contributed by atoms with E-state index in [4.69, 9.17) is 0 Å². The van der Waals surface area contributed by atoms with Gasteiger partial charge in [-0.05, 0) is 59.2 Å². The summed E-state index contributed by atoms with van der Waals surface area (Å²) in [6.07, 6.45) is 6.51. The second kappa shape index (κ2) is 9.04. The smallest absolute Gasteiger partial charge is 0.272 e. The Balaban J connectivity index is 1.79. The monoisotopic (exact) mass is 386 g/mol. The Morgan fingerprint density at radius 1 is 1.28 bits per heavy atom. The average molecular weight is 387 g/mol. The summed E-state index contributed by atoms with van der Waals surface area (Å²) in [6, 6.07) is 12.1. The molecule has 150 valence electrons. The van der Waals surface area contributed by atoms with Crippen LogP contribution in [0.1, 0.15) is 53.4 Å². The molecule has 29 heavy (non-hydrogen) atoms. The first-order valence-electron chi connectivity index (χ1n) is 10.3. The summed E-state index contributed by atoms with van der Waals surface area (Å²) in [7, 11) is 0. The highest BCUT2D eigenvalue weighted by atomic mass is 16.2. The highest BCUT2D eigenvalue weighted by molar-refractivity contribution is 5.92. The normalized spacial score (nSPS) is 16.9. The van der Waals surface area contributed by atoms with Crippen LogP contribution in [0.4, 0.5) is 0 Å². The van der Waals surface area contributed by atoms with Crippen molar-refractivity contribution in [1.29, 1.82) is 0 Å². The first-order chi connectivity index (χ1) is 13.9. The summed E-state index contributed by atoms with van der Waals surface area (Å²) in [5.74, 6) is 0.755. The van der Waals surface area contributed by atoms with Gasteiger partial charge >= 0.3 is 0 Å². The third-order valence-corrected chi connectivity index (χ3v) is 5.71. The molecule has 1 aliphatic heterocycles. The van der Waals surface area contributed by atoms with Gasteiger partial charge in [-0.25, -0.2) is 0 Å². The minimum atomic E-state index is 0.0202. The van der Waals surface area contributed by atoms with Gasteiger partial charge in [0.25, 0.3) is 5.91 Å². The third kappa shape index (κ3) is 4.56. The molecule has 0 saturated carbocycles. The van der Waals surface area contributed by atoms with E-state index >= 15 is 0 Å². The van der Waals surface area contributed by atoms with Crippen molar-refractivity contribution >= 4 is 11.5 Å². The minimum absolute atomic E-state index is 0.0202. The van der Waals surface area contributed by atoms with Crippen LogP contribution >= 0.6 is 0 Å². The molecule has 3 rings (SSSR count). The van der Waals surface area contributed by atoms with Crippen LogP contribution in [0, 0.1) is 12.8 Å². The molecular formula is C26H30N2O. The highest BCUT2D eigenvalue weighted by Gasteiger charge is 2.29. The summed E-state index contributed by atoms with van der Waals surface area (Å²) < 4.78 is 0. The molecule has 1 aromatic carbocycles. The fraction of sp³-hybridized carbons (Fsp3) is 0.308. The predicted octanol–water partition coefficient (Wildman–Crippen LogP) is 5.80. The highest BCUT2D eigenvalue weighted by Crippen LogP contribution is 2.34. The molecule has 1 amide bonds. The number of allylic oxidation sites excluding steroid dienone is 4. The second-order valence-electron chi connectivity index (χ2n) is 8.02. The van der Waals surface area contributed by atoms with Crippen LogP contribution in [0.5, 0.6) is 0 Å². The Hall–Kier alpha value is -2.94. The first-order valence-corrected chi connectivity index (χ1v) is 10.3. The van der Waals surface area contributed by atoms with Crippen LogP contribution in [0.3, 0.4) is 0 Å². The lowest BCUT2D eigenvalue weighted by Crippen LogP contribution is -2.29.